The maximum Gasteiger partial charge on any atom is 0.269 e. The first-order valence-corrected chi connectivity index (χ1v) is 7.97. The Bertz CT molecular complexity index is 940. The van der Waals surface area contributed by atoms with Crippen molar-refractivity contribution in [3.05, 3.63) is 75.1 Å². The van der Waals surface area contributed by atoms with Crippen LogP contribution >= 0.6 is 11.6 Å². The van der Waals surface area contributed by atoms with Crippen molar-refractivity contribution in [1.82, 2.24) is 15.5 Å². The molecule has 0 aliphatic heterocycles. The summed E-state index contributed by atoms with van der Waals surface area (Å²) in [5.74, 6) is 0.380. The molecule has 26 heavy (non-hydrogen) atoms. The van der Waals surface area contributed by atoms with Gasteiger partial charge in [-0.3, -0.25) is 14.9 Å². The number of nitrogens with one attached hydrogen (secondary N) is 1. The summed E-state index contributed by atoms with van der Waals surface area (Å²) in [6.45, 7) is 0.0827. The molecule has 1 aromatic heterocycles. The molecule has 0 saturated heterocycles. The quantitative estimate of drug-likeness (QED) is 0.525. The number of halogens is 1. The summed E-state index contributed by atoms with van der Waals surface area (Å²) in [5.41, 5.74) is 1.36. The van der Waals surface area contributed by atoms with Gasteiger partial charge in [-0.2, -0.15) is 4.98 Å². The van der Waals surface area contributed by atoms with Gasteiger partial charge in [0.05, 0.1) is 17.9 Å². The van der Waals surface area contributed by atoms with E-state index < -0.39 is 4.92 Å². The van der Waals surface area contributed by atoms with E-state index in [1.165, 1.54) is 12.1 Å². The van der Waals surface area contributed by atoms with Gasteiger partial charge in [-0.25, -0.2) is 0 Å². The molecule has 0 bridgehead atoms. The van der Waals surface area contributed by atoms with Crippen LogP contribution in [-0.2, 0) is 17.8 Å². The van der Waals surface area contributed by atoms with E-state index >= 15 is 0 Å². The third-order valence-electron chi connectivity index (χ3n) is 3.50. The van der Waals surface area contributed by atoms with Gasteiger partial charge in [0.15, 0.2) is 0 Å². The van der Waals surface area contributed by atoms with Crippen LogP contribution in [0.3, 0.4) is 0 Å². The van der Waals surface area contributed by atoms with Crippen LogP contribution < -0.4 is 5.32 Å². The van der Waals surface area contributed by atoms with Crippen molar-refractivity contribution >= 4 is 23.2 Å². The fraction of sp³-hybridized carbons (Fsp3) is 0.118. The third kappa shape index (κ3) is 4.42. The molecule has 2 aromatic carbocycles. The Morgan fingerprint density at radius 2 is 2.00 bits per heavy atom. The lowest BCUT2D eigenvalue weighted by molar-refractivity contribution is -0.384. The van der Waals surface area contributed by atoms with Crippen LogP contribution in [0.4, 0.5) is 5.69 Å². The summed E-state index contributed by atoms with van der Waals surface area (Å²) in [6, 6.07) is 12.8. The molecule has 0 spiro atoms. The van der Waals surface area contributed by atoms with E-state index in [4.69, 9.17) is 16.1 Å². The lowest BCUT2D eigenvalue weighted by Gasteiger charge is -2.02. The first-order valence-electron chi connectivity index (χ1n) is 7.60. The van der Waals surface area contributed by atoms with Gasteiger partial charge in [0, 0.05) is 22.7 Å². The number of carbonyl (C=O) groups excluding carboxylic acids is 1. The van der Waals surface area contributed by atoms with Crippen LogP contribution in [0.15, 0.2) is 53.1 Å². The summed E-state index contributed by atoms with van der Waals surface area (Å²) >= 11 is 5.93. The molecule has 1 heterocycles. The average Bonchev–Trinajstić information content (AvgIpc) is 3.09. The summed E-state index contributed by atoms with van der Waals surface area (Å²) < 4.78 is 5.11. The van der Waals surface area contributed by atoms with Crippen LogP contribution in [0.1, 0.15) is 11.5 Å². The zero-order chi connectivity index (χ0) is 18.5. The molecule has 1 amide bonds. The van der Waals surface area contributed by atoms with Crippen molar-refractivity contribution in [2.75, 3.05) is 0 Å². The van der Waals surface area contributed by atoms with Gasteiger partial charge in [0.1, 0.15) is 0 Å². The van der Waals surface area contributed by atoms with E-state index in [1.54, 1.807) is 36.4 Å². The van der Waals surface area contributed by atoms with Crippen molar-refractivity contribution in [3.8, 4) is 11.4 Å². The number of nitro groups is 1. The highest BCUT2D eigenvalue weighted by molar-refractivity contribution is 6.30. The SMILES string of the molecule is O=C(Cc1ccc([N+](=O)[O-])cc1)NCc1nc(-c2cccc(Cl)c2)no1. The maximum absolute atomic E-state index is 12.0. The Balaban J connectivity index is 1.55. The fourth-order valence-corrected chi connectivity index (χ4v) is 2.42. The highest BCUT2D eigenvalue weighted by Crippen LogP contribution is 2.19. The topological polar surface area (TPSA) is 111 Å². The molecule has 9 heteroatoms. The minimum absolute atomic E-state index is 0.0198. The number of hydrogen-bond acceptors (Lipinski definition) is 6. The molecular formula is C17H13ClN4O4. The summed E-state index contributed by atoms with van der Waals surface area (Å²) in [7, 11) is 0. The van der Waals surface area contributed by atoms with Gasteiger partial charge < -0.3 is 9.84 Å². The summed E-state index contributed by atoms with van der Waals surface area (Å²) in [4.78, 5) is 26.3. The summed E-state index contributed by atoms with van der Waals surface area (Å²) in [5, 5.41) is 17.7. The summed E-state index contributed by atoms with van der Waals surface area (Å²) in [6.07, 6.45) is 0.0906. The normalized spacial score (nSPS) is 10.5. The molecule has 1 N–H and O–H groups in total. The smallest absolute Gasteiger partial charge is 0.269 e. The number of benzene rings is 2. The van der Waals surface area contributed by atoms with E-state index in [-0.39, 0.29) is 30.5 Å². The minimum Gasteiger partial charge on any atom is -0.347 e. The van der Waals surface area contributed by atoms with Crippen LogP contribution in [-0.4, -0.2) is 21.0 Å². The van der Waals surface area contributed by atoms with Gasteiger partial charge >= 0.3 is 0 Å². The number of amides is 1. The van der Waals surface area contributed by atoms with Crippen LogP contribution in [0, 0.1) is 10.1 Å². The second-order valence-electron chi connectivity index (χ2n) is 5.40. The molecule has 132 valence electrons. The predicted octanol–water partition coefficient (Wildman–Crippen LogP) is 3.16. The van der Waals surface area contributed by atoms with Crippen LogP contribution in [0.25, 0.3) is 11.4 Å². The molecule has 0 radical (unpaired) electrons. The monoisotopic (exact) mass is 372 g/mol. The van der Waals surface area contributed by atoms with Gasteiger partial charge in [0.2, 0.25) is 17.6 Å². The zero-order valence-electron chi connectivity index (χ0n) is 13.4. The Kier molecular flexibility index (Phi) is 5.23. The molecule has 8 nitrogen and oxygen atoms in total. The first kappa shape index (κ1) is 17.6. The Hall–Kier alpha value is -3.26. The highest BCUT2D eigenvalue weighted by Gasteiger charge is 2.11. The van der Waals surface area contributed by atoms with Crippen molar-refractivity contribution in [1.29, 1.82) is 0 Å². The average molecular weight is 373 g/mol. The highest BCUT2D eigenvalue weighted by atomic mass is 35.5. The molecule has 0 fully saturated rings. The largest absolute Gasteiger partial charge is 0.347 e. The fourth-order valence-electron chi connectivity index (χ4n) is 2.23. The van der Waals surface area contributed by atoms with Gasteiger partial charge in [-0.15, -0.1) is 0 Å². The maximum atomic E-state index is 12.0. The number of non-ortho nitro benzene ring substituents is 1. The van der Waals surface area contributed by atoms with E-state index in [9.17, 15) is 14.9 Å². The van der Waals surface area contributed by atoms with Crippen LogP contribution in [0.5, 0.6) is 0 Å². The molecule has 0 unspecified atom stereocenters. The zero-order valence-corrected chi connectivity index (χ0v) is 14.1. The second kappa shape index (κ2) is 7.75. The number of nitrogens with zero attached hydrogens (tertiary/aromatic N) is 3. The molecule has 0 aliphatic carbocycles. The van der Waals surface area contributed by atoms with Crippen molar-refractivity contribution < 1.29 is 14.2 Å². The number of rotatable bonds is 6. The molecule has 3 aromatic rings. The molecule has 0 aliphatic rings. The lowest BCUT2D eigenvalue weighted by Crippen LogP contribution is -2.24. The minimum atomic E-state index is -0.489. The van der Waals surface area contributed by atoms with Gasteiger partial charge in [0.25, 0.3) is 5.69 Å². The number of nitro benzene ring substituents is 1. The Labute approximate surface area is 152 Å². The van der Waals surface area contributed by atoms with E-state index in [2.05, 4.69) is 15.5 Å². The molecular weight excluding hydrogens is 360 g/mol. The number of hydrogen-bond donors (Lipinski definition) is 1. The van der Waals surface area contributed by atoms with Crippen molar-refractivity contribution in [2.45, 2.75) is 13.0 Å². The standard InChI is InChI=1S/C17H13ClN4O4/c18-13-3-1-2-12(9-13)17-20-16(26-21-17)10-19-15(23)8-11-4-6-14(7-5-11)22(24)25/h1-7,9H,8,10H2,(H,19,23). The number of carbonyl (C=O) groups is 1. The third-order valence-corrected chi connectivity index (χ3v) is 3.73. The van der Waals surface area contributed by atoms with Crippen molar-refractivity contribution in [2.24, 2.45) is 0 Å². The predicted molar refractivity (Wildman–Crippen MR) is 93.4 cm³/mol. The Morgan fingerprint density at radius 1 is 1.23 bits per heavy atom. The van der Waals surface area contributed by atoms with E-state index in [0.29, 0.717) is 22.0 Å². The lowest BCUT2D eigenvalue weighted by atomic mass is 10.1. The first-order chi connectivity index (χ1) is 12.5. The molecule has 0 saturated carbocycles. The number of aromatic nitrogens is 2. The van der Waals surface area contributed by atoms with Crippen LogP contribution in [0.2, 0.25) is 5.02 Å². The van der Waals surface area contributed by atoms with E-state index in [1.807, 2.05) is 0 Å². The molecule has 0 atom stereocenters. The van der Waals surface area contributed by atoms with Gasteiger partial charge in [-0.05, 0) is 17.7 Å². The van der Waals surface area contributed by atoms with E-state index in [0.717, 1.165) is 0 Å². The Morgan fingerprint density at radius 3 is 2.69 bits per heavy atom. The van der Waals surface area contributed by atoms with Crippen molar-refractivity contribution in [3.63, 3.8) is 0 Å². The molecule has 3 rings (SSSR count). The second-order valence-corrected chi connectivity index (χ2v) is 5.84. The van der Waals surface area contributed by atoms with Gasteiger partial charge in [-0.1, -0.05) is 41.0 Å².